The van der Waals surface area contributed by atoms with E-state index in [0.717, 1.165) is 25.7 Å². The van der Waals surface area contributed by atoms with E-state index in [-0.39, 0.29) is 17.5 Å². The van der Waals surface area contributed by atoms with Crippen molar-refractivity contribution in [2.45, 2.75) is 57.2 Å². The molecule has 2 rings (SSSR count). The van der Waals surface area contributed by atoms with E-state index in [1.54, 1.807) is 0 Å². The summed E-state index contributed by atoms with van der Waals surface area (Å²) in [6.45, 7) is 7.07. The molecule has 0 bridgehead atoms. The SMILES string of the molecule is C=C1CC2(CCC(C)(OC(C)=O)CC2)OC1=O. The second-order valence-corrected chi connectivity index (χ2v) is 5.40. The molecule has 4 heteroatoms. The lowest BCUT2D eigenvalue weighted by molar-refractivity contribution is -0.170. The third kappa shape index (κ3) is 2.35. The van der Waals surface area contributed by atoms with Gasteiger partial charge in [0.05, 0.1) is 0 Å². The van der Waals surface area contributed by atoms with Gasteiger partial charge in [-0.1, -0.05) is 6.58 Å². The number of esters is 2. The lowest BCUT2D eigenvalue weighted by Gasteiger charge is -2.41. The van der Waals surface area contributed by atoms with E-state index in [9.17, 15) is 9.59 Å². The zero-order valence-corrected chi connectivity index (χ0v) is 10.4. The summed E-state index contributed by atoms with van der Waals surface area (Å²) in [5.74, 6) is -0.530. The number of rotatable bonds is 1. The lowest BCUT2D eigenvalue weighted by atomic mass is 9.75. The van der Waals surface area contributed by atoms with E-state index in [0.29, 0.717) is 12.0 Å². The van der Waals surface area contributed by atoms with Gasteiger partial charge in [0.1, 0.15) is 11.2 Å². The number of hydrogen-bond donors (Lipinski definition) is 0. The minimum absolute atomic E-state index is 0.253. The molecule has 4 nitrogen and oxygen atoms in total. The van der Waals surface area contributed by atoms with Crippen molar-refractivity contribution in [2.24, 2.45) is 0 Å². The van der Waals surface area contributed by atoms with Crippen LogP contribution in [0.5, 0.6) is 0 Å². The minimum atomic E-state index is -0.409. The molecule has 0 atom stereocenters. The van der Waals surface area contributed by atoms with Crippen LogP contribution in [-0.4, -0.2) is 23.1 Å². The van der Waals surface area contributed by atoms with Crippen molar-refractivity contribution in [2.75, 3.05) is 0 Å². The van der Waals surface area contributed by atoms with Crippen LogP contribution < -0.4 is 0 Å². The molecule has 0 radical (unpaired) electrons. The maximum absolute atomic E-state index is 11.4. The van der Waals surface area contributed by atoms with Gasteiger partial charge in [-0.2, -0.15) is 0 Å². The first-order valence-electron chi connectivity index (χ1n) is 5.95. The Hall–Kier alpha value is -1.32. The summed E-state index contributed by atoms with van der Waals surface area (Å²) < 4.78 is 10.8. The lowest BCUT2D eigenvalue weighted by Crippen LogP contribution is -2.43. The molecule has 94 valence electrons. The molecule has 1 spiro atoms. The van der Waals surface area contributed by atoms with E-state index in [1.165, 1.54) is 6.92 Å². The first-order chi connectivity index (χ1) is 7.84. The predicted octanol–water partition coefficient (Wildman–Crippen LogP) is 2.12. The van der Waals surface area contributed by atoms with E-state index >= 15 is 0 Å². The molecule has 1 heterocycles. The Labute approximate surface area is 101 Å². The average Bonchev–Trinajstić information content (AvgIpc) is 2.48. The smallest absolute Gasteiger partial charge is 0.334 e. The summed E-state index contributed by atoms with van der Waals surface area (Å²) in [6, 6.07) is 0. The van der Waals surface area contributed by atoms with Crippen LogP contribution in [0.4, 0.5) is 0 Å². The molecule has 0 N–H and O–H groups in total. The summed E-state index contributed by atoms with van der Waals surface area (Å²) in [5.41, 5.74) is -0.234. The number of ether oxygens (including phenoxy) is 2. The molecule has 0 amide bonds. The Kier molecular flexibility index (Phi) is 2.76. The third-order valence-corrected chi connectivity index (χ3v) is 3.74. The maximum atomic E-state index is 11.4. The monoisotopic (exact) mass is 238 g/mol. The molecule has 1 saturated carbocycles. The number of carbonyl (C=O) groups excluding carboxylic acids is 2. The molecule has 2 aliphatic rings. The van der Waals surface area contributed by atoms with Crippen LogP contribution in [0.3, 0.4) is 0 Å². The van der Waals surface area contributed by atoms with Gasteiger partial charge < -0.3 is 9.47 Å². The third-order valence-electron chi connectivity index (χ3n) is 3.74. The zero-order valence-electron chi connectivity index (χ0n) is 10.4. The highest BCUT2D eigenvalue weighted by molar-refractivity contribution is 5.90. The molecule has 0 aromatic rings. The van der Waals surface area contributed by atoms with Gasteiger partial charge in [-0.25, -0.2) is 4.79 Å². The van der Waals surface area contributed by atoms with Crippen LogP contribution in [-0.2, 0) is 19.1 Å². The fourth-order valence-corrected chi connectivity index (χ4v) is 2.73. The maximum Gasteiger partial charge on any atom is 0.334 e. The van der Waals surface area contributed by atoms with E-state index < -0.39 is 5.60 Å². The van der Waals surface area contributed by atoms with Gasteiger partial charge in [0.15, 0.2) is 0 Å². The standard InChI is InChI=1S/C13H18O4/c1-9-8-13(17-11(9)15)6-4-12(3,5-7-13)16-10(2)14/h1,4-8H2,2-3H3. The summed E-state index contributed by atoms with van der Waals surface area (Å²) in [4.78, 5) is 22.4. The van der Waals surface area contributed by atoms with E-state index in [4.69, 9.17) is 9.47 Å². The molecular formula is C13H18O4. The number of carbonyl (C=O) groups is 2. The van der Waals surface area contributed by atoms with Crippen LogP contribution in [0.1, 0.15) is 46.0 Å². The molecular weight excluding hydrogens is 220 g/mol. The topological polar surface area (TPSA) is 52.6 Å². The zero-order chi connectivity index (χ0) is 12.7. The van der Waals surface area contributed by atoms with Gasteiger partial charge in [-0.15, -0.1) is 0 Å². The predicted molar refractivity (Wildman–Crippen MR) is 61.2 cm³/mol. The van der Waals surface area contributed by atoms with Crippen molar-refractivity contribution in [1.82, 2.24) is 0 Å². The van der Waals surface area contributed by atoms with Gasteiger partial charge in [-0.05, 0) is 32.6 Å². The van der Waals surface area contributed by atoms with Gasteiger partial charge in [0, 0.05) is 18.9 Å². The molecule has 0 aromatic heterocycles. The quantitative estimate of drug-likeness (QED) is 0.518. The molecule has 17 heavy (non-hydrogen) atoms. The van der Waals surface area contributed by atoms with Crippen LogP contribution in [0.15, 0.2) is 12.2 Å². The van der Waals surface area contributed by atoms with Crippen molar-refractivity contribution >= 4 is 11.9 Å². The van der Waals surface area contributed by atoms with Crippen LogP contribution in [0.2, 0.25) is 0 Å². The van der Waals surface area contributed by atoms with Gasteiger partial charge in [0.25, 0.3) is 0 Å². The first kappa shape index (κ1) is 12.1. The highest BCUT2D eigenvalue weighted by Crippen LogP contribution is 2.45. The molecule has 0 aromatic carbocycles. The second kappa shape index (κ2) is 3.86. The molecule has 2 fully saturated rings. The summed E-state index contributed by atoms with van der Waals surface area (Å²) in [7, 11) is 0. The molecule has 1 saturated heterocycles. The summed E-state index contributed by atoms with van der Waals surface area (Å²) in [6.07, 6.45) is 3.55. The van der Waals surface area contributed by atoms with Crippen molar-refractivity contribution in [3.63, 3.8) is 0 Å². The Balaban J connectivity index is 2.01. The van der Waals surface area contributed by atoms with Crippen LogP contribution >= 0.6 is 0 Å². The molecule has 0 unspecified atom stereocenters. The largest absolute Gasteiger partial charge is 0.460 e. The van der Waals surface area contributed by atoms with Crippen molar-refractivity contribution < 1.29 is 19.1 Å². The second-order valence-electron chi connectivity index (χ2n) is 5.40. The Morgan fingerprint density at radius 2 is 1.94 bits per heavy atom. The summed E-state index contributed by atoms with van der Waals surface area (Å²) in [5, 5.41) is 0. The van der Waals surface area contributed by atoms with Crippen molar-refractivity contribution in [3.8, 4) is 0 Å². The van der Waals surface area contributed by atoms with E-state index in [2.05, 4.69) is 6.58 Å². The van der Waals surface area contributed by atoms with E-state index in [1.807, 2.05) is 6.92 Å². The number of hydrogen-bond acceptors (Lipinski definition) is 4. The Bertz CT molecular complexity index is 357. The van der Waals surface area contributed by atoms with Crippen LogP contribution in [0.25, 0.3) is 0 Å². The van der Waals surface area contributed by atoms with Gasteiger partial charge >= 0.3 is 11.9 Å². The van der Waals surface area contributed by atoms with Gasteiger partial charge in [-0.3, -0.25) is 4.79 Å². The Morgan fingerprint density at radius 1 is 1.35 bits per heavy atom. The Morgan fingerprint density at radius 3 is 2.35 bits per heavy atom. The molecule has 1 aliphatic carbocycles. The fourth-order valence-electron chi connectivity index (χ4n) is 2.73. The van der Waals surface area contributed by atoms with Crippen molar-refractivity contribution in [3.05, 3.63) is 12.2 Å². The highest BCUT2D eigenvalue weighted by atomic mass is 16.6. The van der Waals surface area contributed by atoms with Gasteiger partial charge in [0.2, 0.25) is 0 Å². The normalized spacial score (nSPS) is 37.1. The van der Waals surface area contributed by atoms with Crippen molar-refractivity contribution in [1.29, 1.82) is 0 Å². The first-order valence-corrected chi connectivity index (χ1v) is 5.95. The highest BCUT2D eigenvalue weighted by Gasteiger charge is 2.48. The minimum Gasteiger partial charge on any atom is -0.460 e. The molecule has 1 aliphatic heterocycles. The van der Waals surface area contributed by atoms with Crippen LogP contribution in [0, 0.1) is 0 Å². The fraction of sp³-hybridized carbons (Fsp3) is 0.692. The average molecular weight is 238 g/mol. The summed E-state index contributed by atoms with van der Waals surface area (Å²) >= 11 is 0.